The van der Waals surface area contributed by atoms with Crippen molar-refractivity contribution in [2.45, 2.75) is 33.6 Å². The third-order valence-electron chi connectivity index (χ3n) is 5.02. The number of rotatable bonds is 4. The van der Waals surface area contributed by atoms with E-state index in [0.717, 1.165) is 44.1 Å². The van der Waals surface area contributed by atoms with Gasteiger partial charge in [0.25, 0.3) is 5.91 Å². The highest BCUT2D eigenvalue weighted by Gasteiger charge is 2.23. The second-order valence-corrected chi connectivity index (χ2v) is 7.06. The Kier molecular flexibility index (Phi) is 5.23. The highest BCUT2D eigenvalue weighted by atomic mass is 16.2. The molecule has 2 aromatic rings. The lowest BCUT2D eigenvalue weighted by molar-refractivity contribution is 0.0637. The fraction of sp³-hybridized carbons (Fsp3) is 0.500. The Morgan fingerprint density at radius 3 is 2.32 bits per heavy atom. The number of aryl methyl sites for hydroxylation is 1. The molecule has 0 spiro atoms. The highest BCUT2D eigenvalue weighted by molar-refractivity contribution is 5.92. The largest absolute Gasteiger partial charge is 0.335 e. The lowest BCUT2D eigenvalue weighted by Crippen LogP contribution is -2.48. The Bertz CT molecular complexity index is 725. The highest BCUT2D eigenvalue weighted by Crippen LogP contribution is 2.19. The molecule has 1 aliphatic rings. The molecule has 0 atom stereocenters. The van der Waals surface area contributed by atoms with Gasteiger partial charge in [0, 0.05) is 31.9 Å². The molecule has 0 N–H and O–H groups in total. The van der Waals surface area contributed by atoms with Gasteiger partial charge in [-0.1, -0.05) is 32.9 Å². The van der Waals surface area contributed by atoms with Crippen LogP contribution in [0.2, 0.25) is 0 Å². The van der Waals surface area contributed by atoms with Crippen LogP contribution in [0.15, 0.2) is 30.3 Å². The van der Waals surface area contributed by atoms with Crippen molar-refractivity contribution in [3.05, 3.63) is 47.3 Å². The summed E-state index contributed by atoms with van der Waals surface area (Å²) in [5.74, 6) is 0.545. The van der Waals surface area contributed by atoms with Crippen LogP contribution in [-0.4, -0.2) is 58.2 Å². The number of nitrogens with zero attached hydrogens (tertiary/aromatic N) is 4. The first-order valence-electron chi connectivity index (χ1n) is 9.18. The molecule has 1 amide bonds. The van der Waals surface area contributed by atoms with Gasteiger partial charge in [-0.25, -0.2) is 4.68 Å². The van der Waals surface area contributed by atoms with E-state index in [2.05, 4.69) is 55.0 Å². The quantitative estimate of drug-likeness (QED) is 0.859. The Morgan fingerprint density at radius 2 is 1.76 bits per heavy atom. The molecule has 3 rings (SSSR count). The van der Waals surface area contributed by atoms with Crippen LogP contribution < -0.4 is 0 Å². The zero-order chi connectivity index (χ0) is 18.0. The first-order chi connectivity index (χ1) is 12.0. The summed E-state index contributed by atoms with van der Waals surface area (Å²) in [6.07, 6.45) is 0. The van der Waals surface area contributed by atoms with E-state index >= 15 is 0 Å². The Balaban J connectivity index is 1.77. The summed E-state index contributed by atoms with van der Waals surface area (Å²) >= 11 is 0. The van der Waals surface area contributed by atoms with Crippen molar-refractivity contribution < 1.29 is 4.79 Å². The Labute approximate surface area is 150 Å². The van der Waals surface area contributed by atoms with Gasteiger partial charge in [-0.2, -0.15) is 5.10 Å². The van der Waals surface area contributed by atoms with E-state index in [1.807, 2.05) is 22.6 Å². The molecule has 0 unspecified atom stereocenters. The molecule has 0 aliphatic carbocycles. The van der Waals surface area contributed by atoms with Crippen molar-refractivity contribution in [1.29, 1.82) is 0 Å². The van der Waals surface area contributed by atoms with Crippen LogP contribution >= 0.6 is 0 Å². The van der Waals surface area contributed by atoms with Crippen LogP contribution in [0.3, 0.4) is 0 Å². The fourth-order valence-electron chi connectivity index (χ4n) is 3.27. The molecule has 5 heteroatoms. The summed E-state index contributed by atoms with van der Waals surface area (Å²) in [5, 5.41) is 4.58. The van der Waals surface area contributed by atoms with Crippen molar-refractivity contribution in [3.8, 4) is 5.69 Å². The van der Waals surface area contributed by atoms with Crippen LogP contribution in [0.25, 0.3) is 5.69 Å². The summed E-state index contributed by atoms with van der Waals surface area (Å²) in [7, 11) is 0. The number of amides is 1. The first-order valence-corrected chi connectivity index (χ1v) is 9.18. The summed E-state index contributed by atoms with van der Waals surface area (Å²) in [6.45, 7) is 13.0. The second-order valence-electron chi connectivity index (χ2n) is 7.06. The van der Waals surface area contributed by atoms with E-state index in [1.165, 1.54) is 5.56 Å². The summed E-state index contributed by atoms with van der Waals surface area (Å²) in [6, 6.07) is 10.3. The van der Waals surface area contributed by atoms with E-state index in [4.69, 9.17) is 0 Å². The smallest absolute Gasteiger partial charge is 0.274 e. The average Bonchev–Trinajstić information content (AvgIpc) is 3.03. The minimum atomic E-state index is 0.0383. The van der Waals surface area contributed by atoms with E-state index in [0.29, 0.717) is 11.6 Å². The number of hydrogen-bond acceptors (Lipinski definition) is 3. The first kappa shape index (κ1) is 17.7. The molecule has 1 fully saturated rings. The monoisotopic (exact) mass is 340 g/mol. The predicted octanol–water partition coefficient (Wildman–Crippen LogP) is 3.08. The SMILES string of the molecule is CCN1CCN(C(=O)c2cc(C)n(-c3ccc(C(C)C)cc3)n2)CC1. The number of aromatic nitrogens is 2. The molecular formula is C20H28N4O. The van der Waals surface area contributed by atoms with E-state index < -0.39 is 0 Å². The topological polar surface area (TPSA) is 41.4 Å². The average molecular weight is 340 g/mol. The lowest BCUT2D eigenvalue weighted by Gasteiger charge is -2.33. The van der Waals surface area contributed by atoms with Crippen molar-refractivity contribution in [3.63, 3.8) is 0 Å². The normalized spacial score (nSPS) is 15.8. The molecule has 5 nitrogen and oxygen atoms in total. The summed E-state index contributed by atoms with van der Waals surface area (Å²) in [4.78, 5) is 17.0. The number of benzene rings is 1. The van der Waals surface area contributed by atoms with Crippen molar-refractivity contribution in [1.82, 2.24) is 19.6 Å². The molecule has 0 radical (unpaired) electrons. The zero-order valence-corrected chi connectivity index (χ0v) is 15.7. The molecular weight excluding hydrogens is 312 g/mol. The summed E-state index contributed by atoms with van der Waals surface area (Å²) < 4.78 is 1.86. The van der Waals surface area contributed by atoms with Crippen LogP contribution in [0.5, 0.6) is 0 Å². The van der Waals surface area contributed by atoms with E-state index in [9.17, 15) is 4.79 Å². The van der Waals surface area contributed by atoms with Gasteiger partial charge in [-0.3, -0.25) is 4.79 Å². The standard InChI is InChI=1S/C20H28N4O/c1-5-22-10-12-23(13-11-22)20(25)19-14-16(4)24(21-19)18-8-6-17(7-9-18)15(2)3/h6-9,14-15H,5,10-13H2,1-4H3. The maximum Gasteiger partial charge on any atom is 0.274 e. The number of likely N-dealkylation sites (N-methyl/N-ethyl adjacent to an activating group) is 1. The molecule has 2 heterocycles. The molecule has 0 saturated carbocycles. The van der Waals surface area contributed by atoms with Crippen molar-refractivity contribution in [2.24, 2.45) is 0 Å². The van der Waals surface area contributed by atoms with Crippen LogP contribution in [0.1, 0.15) is 48.4 Å². The summed E-state index contributed by atoms with van der Waals surface area (Å²) in [5.41, 5.74) is 3.82. The molecule has 1 saturated heterocycles. The molecule has 25 heavy (non-hydrogen) atoms. The molecule has 1 aromatic carbocycles. The third kappa shape index (κ3) is 3.76. The van der Waals surface area contributed by atoms with Gasteiger partial charge >= 0.3 is 0 Å². The molecule has 134 valence electrons. The predicted molar refractivity (Wildman–Crippen MR) is 100 cm³/mol. The van der Waals surface area contributed by atoms with Crippen molar-refractivity contribution >= 4 is 5.91 Å². The van der Waals surface area contributed by atoms with Gasteiger partial charge in [0.15, 0.2) is 5.69 Å². The van der Waals surface area contributed by atoms with Crippen LogP contribution in [0, 0.1) is 6.92 Å². The molecule has 1 aliphatic heterocycles. The van der Waals surface area contributed by atoms with Gasteiger partial charge < -0.3 is 9.80 Å². The van der Waals surface area contributed by atoms with Gasteiger partial charge in [0.2, 0.25) is 0 Å². The molecule has 1 aromatic heterocycles. The van der Waals surface area contributed by atoms with Crippen LogP contribution in [-0.2, 0) is 0 Å². The van der Waals surface area contributed by atoms with E-state index in [1.54, 1.807) is 0 Å². The van der Waals surface area contributed by atoms with Gasteiger partial charge in [0.1, 0.15) is 0 Å². The van der Waals surface area contributed by atoms with E-state index in [-0.39, 0.29) is 5.91 Å². The van der Waals surface area contributed by atoms with Gasteiger partial charge in [-0.05, 0) is 43.1 Å². The fourth-order valence-corrected chi connectivity index (χ4v) is 3.27. The Hall–Kier alpha value is -2.14. The van der Waals surface area contributed by atoms with Crippen molar-refractivity contribution in [2.75, 3.05) is 32.7 Å². The molecule has 0 bridgehead atoms. The van der Waals surface area contributed by atoms with Gasteiger partial charge in [0.05, 0.1) is 5.69 Å². The minimum absolute atomic E-state index is 0.0383. The van der Waals surface area contributed by atoms with Crippen LogP contribution in [0.4, 0.5) is 0 Å². The van der Waals surface area contributed by atoms with Gasteiger partial charge in [-0.15, -0.1) is 0 Å². The maximum atomic E-state index is 12.8. The maximum absolute atomic E-state index is 12.8. The second kappa shape index (κ2) is 7.40. The number of carbonyl (C=O) groups is 1. The Morgan fingerprint density at radius 1 is 1.12 bits per heavy atom. The zero-order valence-electron chi connectivity index (χ0n) is 15.7. The number of piperazine rings is 1. The number of hydrogen-bond donors (Lipinski definition) is 0. The third-order valence-corrected chi connectivity index (χ3v) is 5.02. The lowest BCUT2D eigenvalue weighted by atomic mass is 10.0. The minimum Gasteiger partial charge on any atom is -0.335 e. The number of carbonyl (C=O) groups excluding carboxylic acids is 1.